The van der Waals surface area contributed by atoms with E-state index in [1.807, 2.05) is 62.6 Å². The van der Waals surface area contributed by atoms with Gasteiger partial charge in [-0.1, -0.05) is 29.8 Å². The highest BCUT2D eigenvalue weighted by Gasteiger charge is 2.06. The molecule has 0 aliphatic rings. The molecule has 0 bridgehead atoms. The summed E-state index contributed by atoms with van der Waals surface area (Å²) in [6.45, 7) is 2.65. The molecule has 0 saturated heterocycles. The van der Waals surface area contributed by atoms with Gasteiger partial charge in [-0.3, -0.25) is 4.98 Å². The Morgan fingerprint density at radius 2 is 1.79 bits per heavy atom. The summed E-state index contributed by atoms with van der Waals surface area (Å²) >= 11 is 5.92. The maximum Gasteiger partial charge on any atom is 0.118 e. The van der Waals surface area contributed by atoms with Crippen LogP contribution in [0.4, 0.5) is 5.69 Å². The molecule has 0 amide bonds. The molecule has 3 nitrogen and oxygen atoms in total. The predicted octanol–water partition coefficient (Wildman–Crippen LogP) is 5.05. The van der Waals surface area contributed by atoms with Crippen molar-refractivity contribution in [3.63, 3.8) is 0 Å². The second kappa shape index (κ2) is 6.93. The van der Waals surface area contributed by atoms with E-state index in [0.717, 1.165) is 39.6 Å². The second-order valence-corrected chi connectivity index (χ2v) is 6.32. The van der Waals surface area contributed by atoms with Gasteiger partial charge in [-0.15, -0.1) is 0 Å². The van der Waals surface area contributed by atoms with Gasteiger partial charge >= 0.3 is 0 Å². The maximum atomic E-state index is 9.63. The van der Waals surface area contributed by atoms with Crippen LogP contribution < -0.4 is 4.90 Å². The molecule has 3 rings (SSSR count). The van der Waals surface area contributed by atoms with Crippen LogP contribution in [-0.4, -0.2) is 17.1 Å². The van der Waals surface area contributed by atoms with Crippen LogP contribution in [0.25, 0.3) is 11.3 Å². The Balaban J connectivity index is 1.73. The number of phenolic OH excluding ortho intramolecular Hbond substituents is 1. The summed E-state index contributed by atoms with van der Waals surface area (Å²) in [5.74, 6) is 0.320. The van der Waals surface area contributed by atoms with Crippen LogP contribution in [0.5, 0.6) is 5.75 Å². The van der Waals surface area contributed by atoms with E-state index in [-0.39, 0.29) is 0 Å². The maximum absolute atomic E-state index is 9.63. The molecule has 0 saturated carbocycles. The smallest absolute Gasteiger partial charge is 0.118 e. The molecule has 2 aromatic carbocycles. The number of benzene rings is 2. The molecule has 0 spiro atoms. The summed E-state index contributed by atoms with van der Waals surface area (Å²) in [7, 11) is 2.03. The minimum atomic E-state index is 0.320. The molecule has 1 heterocycles. The molecule has 0 radical (unpaired) electrons. The van der Waals surface area contributed by atoms with Crippen LogP contribution in [0.2, 0.25) is 5.02 Å². The lowest BCUT2D eigenvalue weighted by molar-refractivity contribution is 0.471. The minimum Gasteiger partial charge on any atom is -0.508 e. The number of hydrogen-bond donors (Lipinski definition) is 1. The standard InChI is InChI=1S/C20H19ClN2O/c1-14-11-18(8-10-20(14)24)23(2)13-15-3-9-19(22-12-15)16-4-6-17(21)7-5-16/h3-12,24H,13H2,1-2H3. The number of halogens is 1. The molecule has 0 unspecified atom stereocenters. The van der Waals surface area contributed by atoms with E-state index in [0.29, 0.717) is 5.75 Å². The molecule has 0 atom stereocenters. The summed E-state index contributed by atoms with van der Waals surface area (Å²) in [6, 6.07) is 17.4. The molecule has 3 aromatic rings. The van der Waals surface area contributed by atoms with Crippen molar-refractivity contribution in [2.75, 3.05) is 11.9 Å². The number of aromatic hydroxyl groups is 1. The first kappa shape index (κ1) is 16.3. The molecular formula is C20H19ClN2O. The Morgan fingerprint density at radius 3 is 2.42 bits per heavy atom. The second-order valence-electron chi connectivity index (χ2n) is 5.89. The highest BCUT2D eigenvalue weighted by molar-refractivity contribution is 6.30. The Labute approximate surface area is 147 Å². The summed E-state index contributed by atoms with van der Waals surface area (Å²) in [4.78, 5) is 6.68. The number of phenols is 1. The Kier molecular flexibility index (Phi) is 4.72. The number of anilines is 1. The van der Waals surface area contributed by atoms with Crippen LogP contribution in [-0.2, 0) is 6.54 Å². The zero-order valence-corrected chi connectivity index (χ0v) is 14.5. The first-order chi connectivity index (χ1) is 11.5. The average Bonchev–Trinajstić information content (AvgIpc) is 2.59. The van der Waals surface area contributed by atoms with Crippen LogP contribution in [0.1, 0.15) is 11.1 Å². The number of nitrogens with zero attached hydrogens (tertiary/aromatic N) is 2. The molecular weight excluding hydrogens is 320 g/mol. The number of pyridine rings is 1. The highest BCUT2D eigenvalue weighted by atomic mass is 35.5. The van der Waals surface area contributed by atoms with Gasteiger partial charge in [-0.05, 0) is 54.4 Å². The molecule has 1 aromatic heterocycles. The topological polar surface area (TPSA) is 36.4 Å². The van der Waals surface area contributed by atoms with Crippen LogP contribution in [0.15, 0.2) is 60.8 Å². The van der Waals surface area contributed by atoms with Gasteiger partial charge in [0.1, 0.15) is 5.75 Å². The van der Waals surface area contributed by atoms with Crippen LogP contribution >= 0.6 is 11.6 Å². The summed E-state index contributed by atoms with van der Waals surface area (Å²) < 4.78 is 0. The van der Waals surface area contributed by atoms with Gasteiger partial charge in [0, 0.05) is 36.1 Å². The van der Waals surface area contributed by atoms with E-state index >= 15 is 0 Å². The minimum absolute atomic E-state index is 0.320. The third-order valence-electron chi connectivity index (χ3n) is 4.01. The third-order valence-corrected chi connectivity index (χ3v) is 4.26. The van der Waals surface area contributed by atoms with E-state index in [2.05, 4.69) is 16.0 Å². The van der Waals surface area contributed by atoms with Gasteiger partial charge in [0.2, 0.25) is 0 Å². The van der Waals surface area contributed by atoms with E-state index in [4.69, 9.17) is 11.6 Å². The zero-order chi connectivity index (χ0) is 17.1. The van der Waals surface area contributed by atoms with Crippen molar-refractivity contribution in [2.45, 2.75) is 13.5 Å². The van der Waals surface area contributed by atoms with Gasteiger partial charge in [0.15, 0.2) is 0 Å². The first-order valence-electron chi connectivity index (χ1n) is 7.74. The number of aromatic nitrogens is 1. The van der Waals surface area contributed by atoms with Crippen molar-refractivity contribution in [3.8, 4) is 17.0 Å². The van der Waals surface area contributed by atoms with E-state index in [1.54, 1.807) is 6.07 Å². The van der Waals surface area contributed by atoms with Gasteiger partial charge in [-0.2, -0.15) is 0 Å². The van der Waals surface area contributed by atoms with E-state index in [1.165, 1.54) is 0 Å². The largest absolute Gasteiger partial charge is 0.508 e. The fourth-order valence-electron chi connectivity index (χ4n) is 2.55. The highest BCUT2D eigenvalue weighted by Crippen LogP contribution is 2.24. The average molecular weight is 339 g/mol. The summed E-state index contributed by atoms with van der Waals surface area (Å²) in [5.41, 5.74) is 5.04. The molecule has 0 fully saturated rings. The lowest BCUT2D eigenvalue weighted by Gasteiger charge is -2.20. The Hall–Kier alpha value is -2.52. The first-order valence-corrected chi connectivity index (χ1v) is 8.12. The van der Waals surface area contributed by atoms with Crippen molar-refractivity contribution in [2.24, 2.45) is 0 Å². The van der Waals surface area contributed by atoms with Gasteiger partial charge in [-0.25, -0.2) is 0 Å². The Morgan fingerprint density at radius 1 is 1.04 bits per heavy atom. The van der Waals surface area contributed by atoms with Crippen LogP contribution in [0.3, 0.4) is 0 Å². The van der Waals surface area contributed by atoms with Gasteiger partial charge in [0.05, 0.1) is 5.69 Å². The summed E-state index contributed by atoms with van der Waals surface area (Å²) in [6.07, 6.45) is 1.90. The normalized spacial score (nSPS) is 10.6. The fourth-order valence-corrected chi connectivity index (χ4v) is 2.68. The number of aryl methyl sites for hydroxylation is 1. The predicted molar refractivity (Wildman–Crippen MR) is 99.6 cm³/mol. The molecule has 1 N–H and O–H groups in total. The van der Waals surface area contributed by atoms with Crippen molar-refractivity contribution >= 4 is 17.3 Å². The van der Waals surface area contributed by atoms with Crippen molar-refractivity contribution in [1.82, 2.24) is 4.98 Å². The zero-order valence-electron chi connectivity index (χ0n) is 13.7. The molecule has 0 aliphatic heterocycles. The van der Waals surface area contributed by atoms with Crippen molar-refractivity contribution in [3.05, 3.63) is 76.9 Å². The molecule has 122 valence electrons. The summed E-state index contributed by atoms with van der Waals surface area (Å²) in [5, 5.41) is 10.4. The molecule has 0 aliphatic carbocycles. The monoisotopic (exact) mass is 338 g/mol. The Bertz CT molecular complexity index is 829. The quantitative estimate of drug-likeness (QED) is 0.723. The fraction of sp³-hybridized carbons (Fsp3) is 0.150. The van der Waals surface area contributed by atoms with Gasteiger partial charge < -0.3 is 10.0 Å². The van der Waals surface area contributed by atoms with Crippen molar-refractivity contribution in [1.29, 1.82) is 0 Å². The SMILES string of the molecule is Cc1cc(N(C)Cc2ccc(-c3ccc(Cl)cc3)nc2)ccc1O. The molecule has 24 heavy (non-hydrogen) atoms. The van der Waals surface area contributed by atoms with Gasteiger partial charge in [0.25, 0.3) is 0 Å². The number of rotatable bonds is 4. The number of hydrogen-bond acceptors (Lipinski definition) is 3. The molecule has 4 heteroatoms. The lowest BCUT2D eigenvalue weighted by atomic mass is 10.1. The van der Waals surface area contributed by atoms with Crippen molar-refractivity contribution < 1.29 is 5.11 Å². The van der Waals surface area contributed by atoms with Crippen LogP contribution in [0, 0.1) is 6.92 Å². The lowest BCUT2D eigenvalue weighted by Crippen LogP contribution is -2.16. The van der Waals surface area contributed by atoms with E-state index in [9.17, 15) is 5.11 Å². The van der Waals surface area contributed by atoms with E-state index < -0.39 is 0 Å². The third kappa shape index (κ3) is 3.69.